The number of rotatable bonds is 4. The van der Waals surface area contributed by atoms with E-state index in [4.69, 9.17) is 5.11 Å². The Morgan fingerprint density at radius 3 is 2.79 bits per heavy atom. The van der Waals surface area contributed by atoms with Gasteiger partial charge in [-0.15, -0.1) is 11.8 Å². The van der Waals surface area contributed by atoms with Gasteiger partial charge in [0.2, 0.25) is 0 Å². The van der Waals surface area contributed by atoms with Crippen molar-refractivity contribution in [2.75, 3.05) is 50.9 Å². The molecule has 1 unspecified atom stereocenters. The summed E-state index contributed by atoms with van der Waals surface area (Å²) < 4.78 is 0. The molecule has 3 N–H and O–H groups in total. The highest BCUT2D eigenvalue weighted by atomic mass is 32.2. The van der Waals surface area contributed by atoms with E-state index < -0.39 is 12.0 Å². The molecule has 0 radical (unpaired) electrons. The van der Waals surface area contributed by atoms with Crippen LogP contribution in [0.25, 0.3) is 0 Å². The number of aliphatic carboxylic acids is 1. The van der Waals surface area contributed by atoms with Crippen LogP contribution < -0.4 is 10.6 Å². The third-order valence-electron chi connectivity index (χ3n) is 3.34. The van der Waals surface area contributed by atoms with Crippen LogP contribution in [-0.2, 0) is 4.79 Å². The van der Waals surface area contributed by atoms with Crippen molar-refractivity contribution in [3.05, 3.63) is 0 Å². The Balaban J connectivity index is 1.70. The third-order valence-corrected chi connectivity index (χ3v) is 4.35. The highest BCUT2D eigenvalue weighted by Crippen LogP contribution is 2.20. The van der Waals surface area contributed by atoms with Gasteiger partial charge in [0, 0.05) is 45.0 Å². The Kier molecular flexibility index (Phi) is 5.29. The molecule has 0 aliphatic carbocycles. The monoisotopic (exact) mass is 288 g/mol. The van der Waals surface area contributed by atoms with Crippen LogP contribution in [0, 0.1) is 0 Å². The van der Waals surface area contributed by atoms with E-state index in [1.165, 1.54) is 16.7 Å². The average Bonchev–Trinajstić information content (AvgIpc) is 2.89. The van der Waals surface area contributed by atoms with E-state index in [2.05, 4.69) is 15.5 Å². The molecule has 2 aliphatic heterocycles. The number of nitrogens with zero attached hydrogens (tertiary/aromatic N) is 2. The van der Waals surface area contributed by atoms with E-state index in [-0.39, 0.29) is 6.03 Å². The zero-order valence-electron chi connectivity index (χ0n) is 10.8. The number of amides is 2. The first kappa shape index (κ1) is 14.4. The summed E-state index contributed by atoms with van der Waals surface area (Å²) in [5.74, 6) is -0.000906. The van der Waals surface area contributed by atoms with E-state index in [1.807, 2.05) is 0 Å². The van der Waals surface area contributed by atoms with Crippen LogP contribution in [0.4, 0.5) is 4.79 Å². The molecule has 0 spiro atoms. The SMILES string of the molecule is O=C(O)C1CSCN1C(=O)NCCN1CCNCC1. The molecule has 108 valence electrons. The second-order valence-corrected chi connectivity index (χ2v) is 5.65. The molecular formula is C11H20N4O3S. The first-order chi connectivity index (χ1) is 9.18. The lowest BCUT2D eigenvalue weighted by Crippen LogP contribution is -2.50. The summed E-state index contributed by atoms with van der Waals surface area (Å²) in [6.07, 6.45) is 0. The molecule has 8 heteroatoms. The molecule has 1 atom stereocenters. The number of carbonyl (C=O) groups is 2. The third kappa shape index (κ3) is 3.99. The smallest absolute Gasteiger partial charge is 0.327 e. The van der Waals surface area contributed by atoms with Crippen LogP contribution in [0.5, 0.6) is 0 Å². The summed E-state index contributed by atoms with van der Waals surface area (Å²) in [6.45, 7) is 5.33. The summed E-state index contributed by atoms with van der Waals surface area (Å²) in [5, 5.41) is 15.1. The minimum absolute atomic E-state index is 0.271. The minimum Gasteiger partial charge on any atom is -0.480 e. The second-order valence-electron chi connectivity index (χ2n) is 4.65. The van der Waals surface area contributed by atoms with Crippen LogP contribution in [0.2, 0.25) is 0 Å². The molecule has 0 bridgehead atoms. The van der Waals surface area contributed by atoms with E-state index in [9.17, 15) is 9.59 Å². The number of piperazine rings is 1. The van der Waals surface area contributed by atoms with Gasteiger partial charge >= 0.3 is 12.0 Å². The van der Waals surface area contributed by atoms with Crippen LogP contribution in [-0.4, -0.2) is 83.8 Å². The first-order valence-electron chi connectivity index (χ1n) is 6.46. The summed E-state index contributed by atoms with van der Waals surface area (Å²) in [4.78, 5) is 26.6. The maximum atomic E-state index is 11.9. The Labute approximate surface area is 116 Å². The largest absolute Gasteiger partial charge is 0.480 e. The van der Waals surface area contributed by atoms with Crippen LogP contribution in [0.1, 0.15) is 0 Å². The van der Waals surface area contributed by atoms with E-state index >= 15 is 0 Å². The fourth-order valence-electron chi connectivity index (χ4n) is 2.20. The lowest BCUT2D eigenvalue weighted by Gasteiger charge is -2.27. The van der Waals surface area contributed by atoms with Gasteiger partial charge in [-0.1, -0.05) is 0 Å². The highest BCUT2D eigenvalue weighted by Gasteiger charge is 2.34. The molecule has 2 rings (SSSR count). The highest BCUT2D eigenvalue weighted by molar-refractivity contribution is 7.99. The molecule has 0 aromatic carbocycles. The topological polar surface area (TPSA) is 84.9 Å². The number of hydrogen-bond donors (Lipinski definition) is 3. The van der Waals surface area contributed by atoms with Crippen molar-refractivity contribution in [2.24, 2.45) is 0 Å². The Morgan fingerprint density at radius 1 is 1.37 bits per heavy atom. The van der Waals surface area contributed by atoms with Crippen LogP contribution in [0.15, 0.2) is 0 Å². The summed E-state index contributed by atoms with van der Waals surface area (Å²) >= 11 is 1.47. The fraction of sp³-hybridized carbons (Fsp3) is 0.818. The van der Waals surface area contributed by atoms with Crippen LogP contribution >= 0.6 is 11.8 Å². The fourth-order valence-corrected chi connectivity index (χ4v) is 3.35. The van der Waals surface area contributed by atoms with Crippen molar-refractivity contribution >= 4 is 23.8 Å². The molecule has 2 amide bonds. The Bertz CT molecular complexity index is 336. The van der Waals surface area contributed by atoms with E-state index in [0.29, 0.717) is 18.2 Å². The maximum Gasteiger partial charge on any atom is 0.327 e. The predicted molar refractivity (Wildman–Crippen MR) is 73.3 cm³/mol. The Hall–Kier alpha value is -0.990. The second kappa shape index (κ2) is 6.97. The number of hydrogen-bond acceptors (Lipinski definition) is 5. The quantitative estimate of drug-likeness (QED) is 0.619. The number of thioether (sulfide) groups is 1. The van der Waals surface area contributed by atoms with Gasteiger partial charge in [0.15, 0.2) is 0 Å². The molecule has 2 saturated heterocycles. The molecule has 0 aromatic heterocycles. The van der Waals surface area contributed by atoms with Gasteiger partial charge in [0.1, 0.15) is 6.04 Å². The molecule has 2 aliphatic rings. The lowest BCUT2D eigenvalue weighted by molar-refractivity contribution is -0.140. The summed E-state index contributed by atoms with van der Waals surface area (Å²) in [7, 11) is 0. The zero-order valence-corrected chi connectivity index (χ0v) is 11.6. The normalized spacial score (nSPS) is 24.4. The van der Waals surface area contributed by atoms with Crippen molar-refractivity contribution in [1.82, 2.24) is 20.4 Å². The standard InChI is InChI=1S/C11H20N4O3S/c16-10(17)9-7-19-8-15(9)11(18)13-3-6-14-4-1-12-2-5-14/h9,12H,1-8H2,(H,13,18)(H,16,17). The van der Waals surface area contributed by atoms with Gasteiger partial charge in [-0.25, -0.2) is 9.59 Å². The molecule has 0 saturated carbocycles. The molecule has 7 nitrogen and oxygen atoms in total. The molecule has 19 heavy (non-hydrogen) atoms. The van der Waals surface area contributed by atoms with Crippen molar-refractivity contribution in [1.29, 1.82) is 0 Å². The number of carbonyl (C=O) groups excluding carboxylic acids is 1. The number of nitrogens with one attached hydrogen (secondary N) is 2. The Morgan fingerprint density at radius 2 is 2.11 bits per heavy atom. The van der Waals surface area contributed by atoms with Gasteiger partial charge in [0.05, 0.1) is 5.88 Å². The van der Waals surface area contributed by atoms with Gasteiger partial charge in [-0.2, -0.15) is 0 Å². The molecular weight excluding hydrogens is 268 g/mol. The van der Waals surface area contributed by atoms with E-state index in [1.54, 1.807) is 0 Å². The minimum atomic E-state index is -0.928. The van der Waals surface area contributed by atoms with Crippen molar-refractivity contribution in [3.8, 4) is 0 Å². The number of carboxylic acid groups (broad SMARTS) is 1. The number of carboxylic acids is 1. The maximum absolute atomic E-state index is 11.9. The molecule has 2 heterocycles. The molecule has 0 aromatic rings. The van der Waals surface area contributed by atoms with Crippen molar-refractivity contribution in [3.63, 3.8) is 0 Å². The van der Waals surface area contributed by atoms with Crippen LogP contribution in [0.3, 0.4) is 0 Å². The average molecular weight is 288 g/mol. The predicted octanol–water partition coefficient (Wildman–Crippen LogP) is -0.939. The van der Waals surface area contributed by atoms with Gasteiger partial charge in [0.25, 0.3) is 0 Å². The zero-order chi connectivity index (χ0) is 13.7. The number of urea groups is 1. The van der Waals surface area contributed by atoms with E-state index in [0.717, 1.165) is 32.7 Å². The van der Waals surface area contributed by atoms with Gasteiger partial charge in [-0.05, 0) is 0 Å². The summed E-state index contributed by atoms with van der Waals surface area (Å²) in [5.41, 5.74) is 0. The molecule has 2 fully saturated rings. The van der Waals surface area contributed by atoms with Gasteiger partial charge < -0.3 is 20.6 Å². The summed E-state index contributed by atoms with van der Waals surface area (Å²) in [6, 6.07) is -0.961. The van der Waals surface area contributed by atoms with Crippen molar-refractivity contribution < 1.29 is 14.7 Å². The van der Waals surface area contributed by atoms with Gasteiger partial charge in [-0.3, -0.25) is 4.90 Å². The first-order valence-corrected chi connectivity index (χ1v) is 7.62. The van der Waals surface area contributed by atoms with Crippen molar-refractivity contribution in [2.45, 2.75) is 6.04 Å². The lowest BCUT2D eigenvalue weighted by atomic mass is 10.3.